The average Bonchev–Trinajstić information content (AvgIpc) is 3.37. The number of anilines is 1. The van der Waals surface area contributed by atoms with Crippen molar-refractivity contribution in [3.63, 3.8) is 0 Å². The standard InChI is InChI=1S/C30H28FN7/c1-3-5-6-20-9-26(30-23(12-32)15-35-38(30)17-20)22-7-8-29(34-14-22)36-18-24-11-25(19-36)37(24)16-21-10-27(31)28(4-2)33-13-21/h7-10,13-15,17,24-25H,3-4,11,16,18-19H2,1-2H3. The number of rotatable bonds is 5. The quantitative estimate of drug-likeness (QED) is 0.370. The summed E-state index contributed by atoms with van der Waals surface area (Å²) in [6.07, 6.45) is 9.65. The molecule has 3 aliphatic rings. The molecule has 4 aromatic rings. The second-order valence-electron chi connectivity index (χ2n) is 9.91. The van der Waals surface area contributed by atoms with E-state index in [0.717, 1.165) is 66.1 Å². The molecule has 2 unspecified atom stereocenters. The van der Waals surface area contributed by atoms with Crippen molar-refractivity contribution in [2.45, 2.75) is 51.7 Å². The highest BCUT2D eigenvalue weighted by atomic mass is 19.1. The van der Waals surface area contributed by atoms with Crippen molar-refractivity contribution in [2.24, 2.45) is 0 Å². The van der Waals surface area contributed by atoms with Gasteiger partial charge in [0.2, 0.25) is 0 Å². The lowest BCUT2D eigenvalue weighted by molar-refractivity contribution is -0.00883. The third-order valence-corrected chi connectivity index (χ3v) is 7.54. The summed E-state index contributed by atoms with van der Waals surface area (Å²) in [4.78, 5) is 13.9. The van der Waals surface area contributed by atoms with Crippen molar-refractivity contribution in [1.82, 2.24) is 24.5 Å². The number of hydrogen-bond acceptors (Lipinski definition) is 6. The molecule has 7 nitrogen and oxygen atoms in total. The third kappa shape index (κ3) is 4.27. The summed E-state index contributed by atoms with van der Waals surface area (Å²) in [5, 5.41) is 14.0. The summed E-state index contributed by atoms with van der Waals surface area (Å²) >= 11 is 0. The minimum atomic E-state index is -0.209. The molecule has 0 radical (unpaired) electrons. The number of piperazine rings is 1. The second kappa shape index (κ2) is 9.89. The lowest BCUT2D eigenvalue weighted by Gasteiger charge is -2.56. The first-order valence-corrected chi connectivity index (χ1v) is 13.1. The van der Waals surface area contributed by atoms with Crippen molar-refractivity contribution in [1.29, 1.82) is 5.26 Å². The van der Waals surface area contributed by atoms with E-state index < -0.39 is 0 Å². The number of piperidine rings is 1. The van der Waals surface area contributed by atoms with Gasteiger partial charge in [0.15, 0.2) is 0 Å². The fourth-order valence-electron chi connectivity index (χ4n) is 5.61. The fraction of sp³-hybridized carbons (Fsp3) is 0.333. The lowest BCUT2D eigenvalue weighted by Crippen LogP contribution is -2.68. The van der Waals surface area contributed by atoms with Gasteiger partial charge in [-0.25, -0.2) is 13.9 Å². The van der Waals surface area contributed by atoms with Gasteiger partial charge in [0, 0.05) is 73.4 Å². The molecule has 7 heterocycles. The molecule has 190 valence electrons. The monoisotopic (exact) mass is 505 g/mol. The van der Waals surface area contributed by atoms with Crippen LogP contribution < -0.4 is 4.90 Å². The van der Waals surface area contributed by atoms with Gasteiger partial charge < -0.3 is 4.90 Å². The first kappa shape index (κ1) is 24.1. The zero-order valence-electron chi connectivity index (χ0n) is 21.5. The predicted octanol–water partition coefficient (Wildman–Crippen LogP) is 4.59. The smallest absolute Gasteiger partial charge is 0.144 e. The summed E-state index contributed by atoms with van der Waals surface area (Å²) in [7, 11) is 0. The molecule has 0 aliphatic carbocycles. The van der Waals surface area contributed by atoms with Crippen LogP contribution in [-0.2, 0) is 13.0 Å². The van der Waals surface area contributed by atoms with Gasteiger partial charge in [-0.2, -0.15) is 10.4 Å². The van der Waals surface area contributed by atoms with Crippen molar-refractivity contribution in [3.05, 3.63) is 77.3 Å². The van der Waals surface area contributed by atoms with Crippen LogP contribution in [0, 0.1) is 29.0 Å². The highest BCUT2D eigenvalue weighted by Crippen LogP contribution is 2.36. The second-order valence-corrected chi connectivity index (χ2v) is 9.91. The Labute approximate surface area is 221 Å². The molecule has 0 amide bonds. The number of hydrogen-bond donors (Lipinski definition) is 0. The maximum atomic E-state index is 14.2. The predicted molar refractivity (Wildman–Crippen MR) is 144 cm³/mol. The van der Waals surface area contributed by atoms with Crippen LogP contribution in [0.3, 0.4) is 0 Å². The maximum Gasteiger partial charge on any atom is 0.144 e. The van der Waals surface area contributed by atoms with E-state index in [1.807, 2.05) is 38.5 Å². The zero-order valence-corrected chi connectivity index (χ0v) is 21.5. The summed E-state index contributed by atoms with van der Waals surface area (Å²) < 4.78 is 15.9. The Bertz CT molecular complexity index is 1590. The van der Waals surface area contributed by atoms with E-state index in [0.29, 0.717) is 29.8 Å². The lowest BCUT2D eigenvalue weighted by atomic mass is 9.87. The Hall–Kier alpha value is -4.27. The first-order valence-electron chi connectivity index (χ1n) is 13.1. The third-order valence-electron chi connectivity index (χ3n) is 7.54. The van der Waals surface area contributed by atoms with Crippen LogP contribution in [0.15, 0.2) is 49.1 Å². The summed E-state index contributed by atoms with van der Waals surface area (Å²) in [5.74, 6) is 7.02. The molecular weight excluding hydrogens is 477 g/mol. The molecule has 0 spiro atoms. The van der Waals surface area contributed by atoms with E-state index >= 15 is 0 Å². The molecule has 0 saturated carbocycles. The Morgan fingerprint density at radius 1 is 1.08 bits per heavy atom. The minimum Gasteiger partial charge on any atom is -0.353 e. The van der Waals surface area contributed by atoms with E-state index in [-0.39, 0.29) is 5.82 Å². The average molecular weight is 506 g/mol. The maximum absolute atomic E-state index is 14.2. The highest BCUT2D eigenvalue weighted by molar-refractivity contribution is 5.85. The number of halogens is 1. The van der Waals surface area contributed by atoms with Crippen LogP contribution in [0.4, 0.5) is 10.2 Å². The van der Waals surface area contributed by atoms with E-state index in [1.165, 1.54) is 0 Å². The van der Waals surface area contributed by atoms with Gasteiger partial charge in [-0.1, -0.05) is 25.7 Å². The normalized spacial score (nSPS) is 18.5. The topological polar surface area (TPSA) is 73.3 Å². The van der Waals surface area contributed by atoms with Gasteiger partial charge in [0.1, 0.15) is 17.7 Å². The molecule has 8 heteroatoms. The van der Waals surface area contributed by atoms with Crippen LogP contribution >= 0.6 is 0 Å². The Morgan fingerprint density at radius 3 is 2.61 bits per heavy atom. The summed E-state index contributed by atoms with van der Waals surface area (Å²) in [6, 6.07) is 10.8. The van der Waals surface area contributed by atoms with E-state index in [9.17, 15) is 9.65 Å². The van der Waals surface area contributed by atoms with E-state index in [2.05, 4.69) is 49.9 Å². The number of aromatic nitrogens is 4. The van der Waals surface area contributed by atoms with Crippen molar-refractivity contribution < 1.29 is 4.39 Å². The van der Waals surface area contributed by atoms with E-state index in [4.69, 9.17) is 4.98 Å². The van der Waals surface area contributed by atoms with Crippen molar-refractivity contribution in [2.75, 3.05) is 18.0 Å². The number of pyridine rings is 3. The van der Waals surface area contributed by atoms with Crippen molar-refractivity contribution in [3.8, 4) is 29.0 Å². The molecule has 3 aliphatic heterocycles. The largest absolute Gasteiger partial charge is 0.353 e. The molecule has 38 heavy (non-hydrogen) atoms. The molecule has 0 N–H and O–H groups in total. The van der Waals surface area contributed by atoms with Gasteiger partial charge in [-0.15, -0.1) is 0 Å². The Balaban J connectivity index is 1.20. The first-order chi connectivity index (χ1) is 18.6. The molecule has 3 saturated heterocycles. The van der Waals surface area contributed by atoms with Gasteiger partial charge in [-0.05, 0) is 42.7 Å². The number of fused-ring (bicyclic) bond motifs is 3. The molecule has 2 bridgehead atoms. The SMILES string of the molecule is CCC#Cc1cc(-c2ccc(N3CC4CC(C3)N4Cc3cnc(CC)c(F)c3)nc2)c2c(C#N)cnn2c1. The number of aryl methyl sites for hydroxylation is 1. The van der Waals surface area contributed by atoms with Crippen LogP contribution in [0.2, 0.25) is 0 Å². The van der Waals surface area contributed by atoms with Gasteiger partial charge in [0.05, 0.1) is 23.0 Å². The van der Waals surface area contributed by atoms with Gasteiger partial charge in [0.25, 0.3) is 0 Å². The van der Waals surface area contributed by atoms with Crippen molar-refractivity contribution >= 4 is 11.3 Å². The molecular formula is C30H28FN7. The van der Waals surface area contributed by atoms with Crippen LogP contribution in [0.25, 0.3) is 16.6 Å². The molecule has 4 aromatic heterocycles. The Morgan fingerprint density at radius 2 is 1.92 bits per heavy atom. The fourth-order valence-corrected chi connectivity index (χ4v) is 5.61. The Kier molecular flexibility index (Phi) is 6.27. The summed E-state index contributed by atoms with van der Waals surface area (Å²) in [5.41, 5.74) is 5.40. The molecule has 3 fully saturated rings. The highest BCUT2D eigenvalue weighted by Gasteiger charge is 2.44. The van der Waals surface area contributed by atoms with Crippen LogP contribution in [-0.4, -0.2) is 49.7 Å². The molecule has 0 aromatic carbocycles. The minimum absolute atomic E-state index is 0.209. The summed E-state index contributed by atoms with van der Waals surface area (Å²) in [6.45, 7) is 6.44. The van der Waals surface area contributed by atoms with Gasteiger partial charge in [-0.3, -0.25) is 9.88 Å². The van der Waals surface area contributed by atoms with Crippen LogP contribution in [0.5, 0.6) is 0 Å². The zero-order chi connectivity index (χ0) is 26.2. The number of nitrogens with zero attached hydrogens (tertiary/aromatic N) is 7. The molecule has 7 rings (SSSR count). The van der Waals surface area contributed by atoms with E-state index in [1.54, 1.807) is 16.8 Å². The number of nitriles is 1. The van der Waals surface area contributed by atoms with Crippen LogP contribution in [0.1, 0.15) is 49.1 Å². The molecule has 2 atom stereocenters. The van der Waals surface area contributed by atoms with Gasteiger partial charge >= 0.3 is 0 Å².